The Balaban J connectivity index is 1.88. The fraction of sp³-hybridized carbons (Fsp3) is 0.571. The molecular weight excluding hydrogens is 278 g/mol. The van der Waals surface area contributed by atoms with Crippen LogP contribution in [0.2, 0.25) is 0 Å². The molecule has 1 atom stereocenters. The van der Waals surface area contributed by atoms with E-state index < -0.39 is 0 Å². The minimum Gasteiger partial charge on any atom is -0.393 e. The van der Waals surface area contributed by atoms with Crippen molar-refractivity contribution in [2.45, 2.75) is 50.8 Å². The molecule has 0 saturated heterocycles. The van der Waals surface area contributed by atoms with Crippen molar-refractivity contribution in [3.63, 3.8) is 0 Å². The molecule has 0 heterocycles. The van der Waals surface area contributed by atoms with Crippen LogP contribution in [-0.4, -0.2) is 17.3 Å². The van der Waals surface area contributed by atoms with Gasteiger partial charge in [-0.05, 0) is 50.3 Å². The van der Waals surface area contributed by atoms with Gasteiger partial charge in [0.1, 0.15) is 0 Å². The predicted octanol–water partition coefficient (Wildman–Crippen LogP) is 3.40. The van der Waals surface area contributed by atoms with Crippen LogP contribution in [0.25, 0.3) is 0 Å². The standard InChI is InChI=1S/C14H20BrNO/c1-10(11-2-4-12(15)5-3-11)16-13-6-8-14(17)9-7-13/h2-5,10,13-14,16-17H,6-9H2,1H3. The van der Waals surface area contributed by atoms with E-state index in [1.165, 1.54) is 5.56 Å². The Morgan fingerprint density at radius 3 is 2.35 bits per heavy atom. The molecule has 1 unspecified atom stereocenters. The highest BCUT2D eigenvalue weighted by atomic mass is 79.9. The highest BCUT2D eigenvalue weighted by Gasteiger charge is 2.20. The second kappa shape index (κ2) is 5.98. The number of benzene rings is 1. The maximum Gasteiger partial charge on any atom is 0.0541 e. The summed E-state index contributed by atoms with van der Waals surface area (Å²) in [4.78, 5) is 0. The molecule has 2 rings (SSSR count). The summed E-state index contributed by atoms with van der Waals surface area (Å²) < 4.78 is 1.12. The number of halogens is 1. The fourth-order valence-electron chi connectivity index (χ4n) is 2.44. The Labute approximate surface area is 112 Å². The Kier molecular flexibility index (Phi) is 4.60. The van der Waals surface area contributed by atoms with E-state index in [0.717, 1.165) is 30.2 Å². The number of nitrogens with one attached hydrogen (secondary N) is 1. The van der Waals surface area contributed by atoms with Gasteiger partial charge in [-0.1, -0.05) is 28.1 Å². The van der Waals surface area contributed by atoms with E-state index in [1.54, 1.807) is 0 Å². The van der Waals surface area contributed by atoms with Crippen molar-refractivity contribution in [2.24, 2.45) is 0 Å². The topological polar surface area (TPSA) is 32.3 Å². The molecule has 1 fully saturated rings. The molecule has 1 aliphatic carbocycles. The second-order valence-electron chi connectivity index (χ2n) is 4.95. The van der Waals surface area contributed by atoms with Crippen LogP contribution in [0.3, 0.4) is 0 Å². The van der Waals surface area contributed by atoms with Gasteiger partial charge >= 0.3 is 0 Å². The molecule has 0 aromatic heterocycles. The smallest absolute Gasteiger partial charge is 0.0541 e. The monoisotopic (exact) mass is 297 g/mol. The van der Waals surface area contributed by atoms with E-state index in [0.29, 0.717) is 12.1 Å². The largest absolute Gasteiger partial charge is 0.393 e. The molecule has 0 radical (unpaired) electrons. The number of aliphatic hydroxyl groups is 1. The summed E-state index contributed by atoms with van der Waals surface area (Å²) in [6.07, 6.45) is 3.97. The highest BCUT2D eigenvalue weighted by molar-refractivity contribution is 9.10. The third-order valence-corrected chi connectivity index (χ3v) is 4.08. The second-order valence-corrected chi connectivity index (χ2v) is 5.86. The average Bonchev–Trinajstić information content (AvgIpc) is 2.33. The summed E-state index contributed by atoms with van der Waals surface area (Å²) in [5.41, 5.74) is 1.32. The van der Waals surface area contributed by atoms with Crippen LogP contribution in [0.4, 0.5) is 0 Å². The zero-order chi connectivity index (χ0) is 12.3. The lowest BCUT2D eigenvalue weighted by Gasteiger charge is -2.29. The quantitative estimate of drug-likeness (QED) is 0.896. The molecule has 2 N–H and O–H groups in total. The molecule has 0 spiro atoms. The van der Waals surface area contributed by atoms with Gasteiger partial charge in [-0.15, -0.1) is 0 Å². The van der Waals surface area contributed by atoms with Crippen LogP contribution < -0.4 is 5.32 Å². The molecular formula is C14H20BrNO. The molecule has 2 nitrogen and oxygen atoms in total. The summed E-state index contributed by atoms with van der Waals surface area (Å²) in [7, 11) is 0. The van der Waals surface area contributed by atoms with Gasteiger partial charge in [-0.25, -0.2) is 0 Å². The van der Waals surface area contributed by atoms with Crippen LogP contribution >= 0.6 is 15.9 Å². The third kappa shape index (κ3) is 3.80. The van der Waals surface area contributed by atoms with E-state index in [9.17, 15) is 5.11 Å². The molecule has 1 aliphatic rings. The first-order valence-electron chi connectivity index (χ1n) is 6.34. The summed E-state index contributed by atoms with van der Waals surface area (Å²) in [6, 6.07) is 9.40. The first-order chi connectivity index (χ1) is 8.15. The normalized spacial score (nSPS) is 26.8. The number of aliphatic hydroxyl groups excluding tert-OH is 1. The first kappa shape index (κ1) is 13.1. The third-order valence-electron chi connectivity index (χ3n) is 3.55. The van der Waals surface area contributed by atoms with Gasteiger partial charge in [0.05, 0.1) is 6.10 Å². The van der Waals surface area contributed by atoms with Crippen molar-refractivity contribution in [3.05, 3.63) is 34.3 Å². The van der Waals surface area contributed by atoms with Crippen LogP contribution in [0, 0.1) is 0 Å². The molecule has 1 saturated carbocycles. The molecule has 0 amide bonds. The zero-order valence-corrected chi connectivity index (χ0v) is 11.8. The van der Waals surface area contributed by atoms with Crippen molar-refractivity contribution >= 4 is 15.9 Å². The highest BCUT2D eigenvalue weighted by Crippen LogP contribution is 2.22. The van der Waals surface area contributed by atoms with Crippen LogP contribution in [0.15, 0.2) is 28.7 Å². The molecule has 1 aromatic rings. The van der Waals surface area contributed by atoms with E-state index in [1.807, 2.05) is 0 Å². The molecule has 1 aromatic carbocycles. The van der Waals surface area contributed by atoms with Crippen LogP contribution in [0.1, 0.15) is 44.2 Å². The van der Waals surface area contributed by atoms with E-state index >= 15 is 0 Å². The molecule has 3 heteroatoms. The maximum absolute atomic E-state index is 9.48. The Morgan fingerprint density at radius 1 is 1.18 bits per heavy atom. The summed E-state index contributed by atoms with van der Waals surface area (Å²) in [6.45, 7) is 2.20. The lowest BCUT2D eigenvalue weighted by Crippen LogP contribution is -2.36. The lowest BCUT2D eigenvalue weighted by atomic mass is 9.92. The molecule has 0 bridgehead atoms. The minimum absolute atomic E-state index is 0.0731. The molecule has 94 valence electrons. The Morgan fingerprint density at radius 2 is 1.76 bits per heavy atom. The zero-order valence-electron chi connectivity index (χ0n) is 10.2. The van der Waals surface area contributed by atoms with Gasteiger partial charge < -0.3 is 10.4 Å². The average molecular weight is 298 g/mol. The van der Waals surface area contributed by atoms with E-state index in [2.05, 4.69) is 52.4 Å². The summed E-state index contributed by atoms with van der Waals surface area (Å²) >= 11 is 3.45. The number of rotatable bonds is 3. The Bertz CT molecular complexity index is 344. The maximum atomic E-state index is 9.48. The van der Waals surface area contributed by atoms with Gasteiger partial charge in [0, 0.05) is 16.6 Å². The van der Waals surface area contributed by atoms with Gasteiger partial charge in [0.25, 0.3) is 0 Å². The van der Waals surface area contributed by atoms with E-state index in [-0.39, 0.29) is 6.10 Å². The summed E-state index contributed by atoms with van der Waals surface area (Å²) in [5.74, 6) is 0. The van der Waals surface area contributed by atoms with Crippen molar-refractivity contribution in [2.75, 3.05) is 0 Å². The molecule has 0 aliphatic heterocycles. The van der Waals surface area contributed by atoms with E-state index in [4.69, 9.17) is 0 Å². The lowest BCUT2D eigenvalue weighted by molar-refractivity contribution is 0.114. The van der Waals surface area contributed by atoms with Crippen molar-refractivity contribution in [1.29, 1.82) is 0 Å². The van der Waals surface area contributed by atoms with Crippen molar-refractivity contribution in [1.82, 2.24) is 5.32 Å². The number of hydrogen-bond donors (Lipinski definition) is 2. The van der Waals surface area contributed by atoms with Gasteiger partial charge in [0.2, 0.25) is 0 Å². The SMILES string of the molecule is CC(NC1CCC(O)CC1)c1ccc(Br)cc1. The van der Waals surface area contributed by atoms with Gasteiger partial charge in [0.15, 0.2) is 0 Å². The minimum atomic E-state index is -0.0731. The van der Waals surface area contributed by atoms with Crippen LogP contribution in [-0.2, 0) is 0 Å². The Hall–Kier alpha value is -0.380. The van der Waals surface area contributed by atoms with Crippen LogP contribution in [0.5, 0.6) is 0 Å². The molecule has 17 heavy (non-hydrogen) atoms. The number of hydrogen-bond acceptors (Lipinski definition) is 2. The van der Waals surface area contributed by atoms with Gasteiger partial charge in [-0.2, -0.15) is 0 Å². The first-order valence-corrected chi connectivity index (χ1v) is 7.14. The fourth-order valence-corrected chi connectivity index (χ4v) is 2.71. The van der Waals surface area contributed by atoms with Crippen molar-refractivity contribution < 1.29 is 5.11 Å². The van der Waals surface area contributed by atoms with Gasteiger partial charge in [-0.3, -0.25) is 0 Å². The van der Waals surface area contributed by atoms with Crippen molar-refractivity contribution in [3.8, 4) is 0 Å². The predicted molar refractivity (Wildman–Crippen MR) is 74.0 cm³/mol. The summed E-state index contributed by atoms with van der Waals surface area (Å²) in [5, 5.41) is 13.1.